The van der Waals surface area contributed by atoms with E-state index in [1.165, 1.54) is 0 Å². The molecule has 0 aliphatic rings. The normalized spacial score (nSPS) is 10.2. The minimum atomic E-state index is -0.949. The summed E-state index contributed by atoms with van der Waals surface area (Å²) in [6.45, 7) is 3.63. The van der Waals surface area contributed by atoms with Crippen molar-refractivity contribution in [3.05, 3.63) is 25.0 Å². The summed E-state index contributed by atoms with van der Waals surface area (Å²) in [5.74, 6) is -0.949. The van der Waals surface area contributed by atoms with Crippen LogP contribution in [0.5, 0.6) is 0 Å². The Kier molecular flexibility index (Phi) is 3.28. The SMILES string of the molecule is Cc1nc(Br)c(C(=O)O)c(C)c1I. The molecule has 0 spiro atoms. The number of rotatable bonds is 1. The Labute approximate surface area is 97.8 Å². The zero-order valence-electron chi connectivity index (χ0n) is 7.06. The maximum atomic E-state index is 10.8. The van der Waals surface area contributed by atoms with Crippen LogP contribution >= 0.6 is 38.5 Å². The van der Waals surface area contributed by atoms with Gasteiger partial charge in [0, 0.05) is 3.57 Å². The number of hydrogen-bond acceptors (Lipinski definition) is 2. The van der Waals surface area contributed by atoms with E-state index in [0.717, 1.165) is 14.8 Å². The number of pyridine rings is 1. The van der Waals surface area contributed by atoms with Gasteiger partial charge in [-0.3, -0.25) is 0 Å². The third-order valence-corrected chi connectivity index (χ3v) is 3.87. The minimum absolute atomic E-state index is 0.245. The molecule has 0 aliphatic heterocycles. The minimum Gasteiger partial charge on any atom is -0.478 e. The molecule has 0 aliphatic carbocycles. The van der Waals surface area contributed by atoms with Gasteiger partial charge < -0.3 is 5.11 Å². The molecule has 0 saturated heterocycles. The van der Waals surface area contributed by atoms with Gasteiger partial charge in [-0.2, -0.15) is 0 Å². The Hall–Kier alpha value is -0.170. The molecule has 1 N–H and O–H groups in total. The monoisotopic (exact) mass is 355 g/mol. The Balaban J connectivity index is 3.53. The average Bonchev–Trinajstić information content (AvgIpc) is 1.99. The van der Waals surface area contributed by atoms with Crippen molar-refractivity contribution in [3.8, 4) is 0 Å². The molecule has 1 rings (SSSR count). The Bertz CT molecular complexity index is 379. The predicted molar refractivity (Wildman–Crippen MR) is 61.1 cm³/mol. The van der Waals surface area contributed by atoms with Gasteiger partial charge in [-0.15, -0.1) is 0 Å². The van der Waals surface area contributed by atoms with Crippen LogP contribution in [0, 0.1) is 17.4 Å². The van der Waals surface area contributed by atoms with E-state index in [4.69, 9.17) is 5.11 Å². The van der Waals surface area contributed by atoms with E-state index in [0.29, 0.717) is 4.60 Å². The van der Waals surface area contributed by atoms with E-state index in [2.05, 4.69) is 43.5 Å². The fourth-order valence-electron chi connectivity index (χ4n) is 1.04. The third-order valence-electron chi connectivity index (χ3n) is 1.71. The molecule has 1 aromatic heterocycles. The molecule has 0 fully saturated rings. The summed E-state index contributed by atoms with van der Waals surface area (Å²) >= 11 is 5.24. The number of aromatic carboxylic acids is 1. The highest BCUT2D eigenvalue weighted by molar-refractivity contribution is 14.1. The molecule has 5 heteroatoms. The van der Waals surface area contributed by atoms with Gasteiger partial charge in [0.15, 0.2) is 0 Å². The molecule has 70 valence electrons. The van der Waals surface area contributed by atoms with Crippen molar-refractivity contribution in [3.63, 3.8) is 0 Å². The Morgan fingerprint density at radius 3 is 2.54 bits per heavy atom. The van der Waals surface area contributed by atoms with E-state index in [-0.39, 0.29) is 5.56 Å². The first-order chi connectivity index (χ1) is 5.95. The third kappa shape index (κ3) is 2.01. The first-order valence-corrected chi connectivity index (χ1v) is 5.37. The molecule has 0 amide bonds. The molecule has 0 saturated carbocycles. The van der Waals surface area contributed by atoms with Crippen LogP contribution in [0.4, 0.5) is 0 Å². The molecule has 3 nitrogen and oxygen atoms in total. The summed E-state index contributed by atoms with van der Waals surface area (Å²) < 4.78 is 1.30. The van der Waals surface area contributed by atoms with Crippen LogP contribution in [0.25, 0.3) is 0 Å². The van der Waals surface area contributed by atoms with Crippen LogP contribution in [-0.2, 0) is 0 Å². The van der Waals surface area contributed by atoms with Crippen molar-refractivity contribution in [1.82, 2.24) is 4.98 Å². The lowest BCUT2D eigenvalue weighted by atomic mass is 10.1. The lowest BCUT2D eigenvalue weighted by Crippen LogP contribution is -2.06. The van der Waals surface area contributed by atoms with Gasteiger partial charge in [0.2, 0.25) is 0 Å². The molecule has 0 radical (unpaired) electrons. The summed E-state index contributed by atoms with van der Waals surface area (Å²) in [6, 6.07) is 0. The number of halogens is 2. The molecular formula is C8H7BrINO2. The standard InChI is InChI=1S/C8H7BrINO2/c1-3-5(8(12)13)7(9)11-4(2)6(3)10/h1-2H3,(H,12,13). The van der Waals surface area contributed by atoms with Crippen LogP contribution in [0.2, 0.25) is 0 Å². The summed E-state index contributed by atoms with van der Waals surface area (Å²) in [7, 11) is 0. The Morgan fingerprint density at radius 2 is 2.08 bits per heavy atom. The Morgan fingerprint density at radius 1 is 1.54 bits per heavy atom. The number of carbonyl (C=O) groups is 1. The van der Waals surface area contributed by atoms with Gasteiger partial charge >= 0.3 is 5.97 Å². The van der Waals surface area contributed by atoms with Crippen LogP contribution in [-0.4, -0.2) is 16.1 Å². The zero-order valence-corrected chi connectivity index (χ0v) is 10.8. The molecule has 1 aromatic rings. The quantitative estimate of drug-likeness (QED) is 0.622. The second-order valence-electron chi connectivity index (χ2n) is 2.61. The highest BCUT2D eigenvalue weighted by Gasteiger charge is 2.16. The molecule has 0 aromatic carbocycles. The molecule has 13 heavy (non-hydrogen) atoms. The van der Waals surface area contributed by atoms with Crippen molar-refractivity contribution in [1.29, 1.82) is 0 Å². The van der Waals surface area contributed by atoms with Crippen LogP contribution in [0.3, 0.4) is 0 Å². The number of hydrogen-bond donors (Lipinski definition) is 1. The summed E-state index contributed by atoms with van der Waals surface area (Å²) in [6.07, 6.45) is 0. The van der Waals surface area contributed by atoms with Crippen molar-refractivity contribution >= 4 is 44.5 Å². The van der Waals surface area contributed by atoms with Crippen molar-refractivity contribution in [2.24, 2.45) is 0 Å². The number of carboxylic acids is 1. The van der Waals surface area contributed by atoms with E-state index >= 15 is 0 Å². The fourth-order valence-corrected chi connectivity index (χ4v) is 2.16. The van der Waals surface area contributed by atoms with Crippen LogP contribution in [0.15, 0.2) is 4.60 Å². The number of nitrogens with zero attached hydrogens (tertiary/aromatic N) is 1. The van der Waals surface area contributed by atoms with Gasteiger partial charge in [0.1, 0.15) is 4.60 Å². The lowest BCUT2D eigenvalue weighted by Gasteiger charge is -2.07. The van der Waals surface area contributed by atoms with E-state index in [9.17, 15) is 4.79 Å². The second kappa shape index (κ2) is 3.91. The van der Waals surface area contributed by atoms with Crippen molar-refractivity contribution in [2.45, 2.75) is 13.8 Å². The van der Waals surface area contributed by atoms with Crippen molar-refractivity contribution in [2.75, 3.05) is 0 Å². The van der Waals surface area contributed by atoms with E-state index < -0.39 is 5.97 Å². The molecule has 0 unspecified atom stereocenters. The zero-order chi connectivity index (χ0) is 10.2. The number of aromatic nitrogens is 1. The van der Waals surface area contributed by atoms with Crippen LogP contribution in [0.1, 0.15) is 21.6 Å². The molecule has 0 atom stereocenters. The fraction of sp³-hybridized carbons (Fsp3) is 0.250. The van der Waals surface area contributed by atoms with E-state index in [1.54, 1.807) is 6.92 Å². The van der Waals surface area contributed by atoms with Gasteiger partial charge in [-0.1, -0.05) is 0 Å². The largest absolute Gasteiger partial charge is 0.478 e. The van der Waals surface area contributed by atoms with Gasteiger partial charge in [-0.25, -0.2) is 9.78 Å². The van der Waals surface area contributed by atoms with E-state index in [1.807, 2.05) is 6.92 Å². The molecule has 1 heterocycles. The lowest BCUT2D eigenvalue weighted by molar-refractivity contribution is 0.0694. The van der Waals surface area contributed by atoms with Gasteiger partial charge in [0.05, 0.1) is 11.3 Å². The maximum Gasteiger partial charge on any atom is 0.338 e. The first-order valence-electron chi connectivity index (χ1n) is 3.50. The summed E-state index contributed by atoms with van der Waals surface area (Å²) in [4.78, 5) is 14.9. The van der Waals surface area contributed by atoms with Crippen molar-refractivity contribution < 1.29 is 9.90 Å². The number of aryl methyl sites for hydroxylation is 1. The topological polar surface area (TPSA) is 50.2 Å². The predicted octanol–water partition coefficient (Wildman–Crippen LogP) is 2.76. The smallest absolute Gasteiger partial charge is 0.338 e. The molecule has 0 bridgehead atoms. The van der Waals surface area contributed by atoms with Crippen LogP contribution < -0.4 is 0 Å². The molecular weight excluding hydrogens is 349 g/mol. The number of carboxylic acid groups (broad SMARTS) is 1. The average molecular weight is 356 g/mol. The summed E-state index contributed by atoms with van der Waals surface area (Å²) in [5, 5.41) is 8.89. The maximum absolute atomic E-state index is 10.8. The van der Waals surface area contributed by atoms with Gasteiger partial charge in [-0.05, 0) is 57.9 Å². The first kappa shape index (κ1) is 10.9. The van der Waals surface area contributed by atoms with Gasteiger partial charge in [0.25, 0.3) is 0 Å². The highest BCUT2D eigenvalue weighted by atomic mass is 127. The summed E-state index contributed by atoms with van der Waals surface area (Å²) in [5.41, 5.74) is 1.84. The highest BCUT2D eigenvalue weighted by Crippen LogP contribution is 2.24. The second-order valence-corrected chi connectivity index (χ2v) is 4.44.